The van der Waals surface area contributed by atoms with Crippen molar-refractivity contribution in [1.29, 1.82) is 0 Å². The molecule has 0 aromatic heterocycles. The van der Waals surface area contributed by atoms with Crippen molar-refractivity contribution in [3.63, 3.8) is 0 Å². The van der Waals surface area contributed by atoms with Crippen LogP contribution in [0.1, 0.15) is 20.3 Å². The highest BCUT2D eigenvalue weighted by Crippen LogP contribution is 2.31. The first-order valence-corrected chi connectivity index (χ1v) is 6.10. The van der Waals surface area contributed by atoms with E-state index in [1.54, 1.807) is 18.2 Å². The molecule has 1 aromatic carbocycles. The van der Waals surface area contributed by atoms with E-state index in [2.05, 4.69) is 5.10 Å². The predicted molar refractivity (Wildman–Crippen MR) is 70.8 cm³/mol. The second kappa shape index (κ2) is 4.67. The summed E-state index contributed by atoms with van der Waals surface area (Å²) >= 11 is 11.9. The van der Waals surface area contributed by atoms with Crippen LogP contribution in [0.15, 0.2) is 23.3 Å². The Morgan fingerprint density at radius 1 is 1.35 bits per heavy atom. The lowest BCUT2D eigenvalue weighted by Gasteiger charge is -2.13. The number of carbonyl (C=O) groups is 1. The molecule has 1 heterocycles. The van der Waals surface area contributed by atoms with Crippen LogP contribution in [0.25, 0.3) is 0 Å². The van der Waals surface area contributed by atoms with Gasteiger partial charge in [-0.15, -0.1) is 0 Å². The molecule has 90 valence electrons. The number of anilines is 1. The van der Waals surface area contributed by atoms with Crippen molar-refractivity contribution in [3.05, 3.63) is 28.2 Å². The number of halogens is 2. The van der Waals surface area contributed by atoms with Crippen molar-refractivity contribution in [2.24, 2.45) is 11.0 Å². The number of rotatable bonds is 2. The molecule has 5 heteroatoms. The van der Waals surface area contributed by atoms with E-state index in [-0.39, 0.29) is 11.8 Å². The first-order chi connectivity index (χ1) is 7.99. The molecule has 0 atom stereocenters. The maximum Gasteiger partial charge on any atom is 0.253 e. The second-order valence-electron chi connectivity index (χ2n) is 4.22. The van der Waals surface area contributed by atoms with Gasteiger partial charge in [0.25, 0.3) is 5.91 Å². The molecule has 0 aliphatic carbocycles. The number of hydrogen-bond donors (Lipinski definition) is 0. The lowest BCUT2D eigenvalue weighted by atomic mass is 10.1. The van der Waals surface area contributed by atoms with E-state index in [4.69, 9.17) is 23.2 Å². The van der Waals surface area contributed by atoms with Gasteiger partial charge in [-0.25, -0.2) is 0 Å². The molecule has 0 radical (unpaired) electrons. The van der Waals surface area contributed by atoms with Crippen LogP contribution in [0.3, 0.4) is 0 Å². The van der Waals surface area contributed by atoms with Gasteiger partial charge in [0, 0.05) is 5.02 Å². The van der Waals surface area contributed by atoms with E-state index in [0.29, 0.717) is 22.2 Å². The van der Waals surface area contributed by atoms with E-state index in [1.165, 1.54) is 5.01 Å². The van der Waals surface area contributed by atoms with Gasteiger partial charge in [0.2, 0.25) is 0 Å². The maximum atomic E-state index is 11.8. The Balaban J connectivity index is 2.37. The second-order valence-corrected chi connectivity index (χ2v) is 5.07. The molecule has 1 amide bonds. The fourth-order valence-electron chi connectivity index (χ4n) is 1.61. The minimum Gasteiger partial charge on any atom is -0.272 e. The molecule has 1 aliphatic rings. The lowest BCUT2D eigenvalue weighted by Crippen LogP contribution is -2.19. The van der Waals surface area contributed by atoms with Crippen LogP contribution in [0.2, 0.25) is 10.0 Å². The van der Waals surface area contributed by atoms with Gasteiger partial charge in [-0.2, -0.15) is 10.1 Å². The van der Waals surface area contributed by atoms with Gasteiger partial charge in [0.15, 0.2) is 0 Å². The van der Waals surface area contributed by atoms with Gasteiger partial charge >= 0.3 is 0 Å². The topological polar surface area (TPSA) is 32.7 Å². The molecule has 1 aromatic rings. The average Bonchev–Trinajstić information content (AvgIpc) is 2.61. The highest BCUT2D eigenvalue weighted by molar-refractivity contribution is 6.37. The third kappa shape index (κ3) is 2.45. The molecule has 1 aliphatic heterocycles. The van der Waals surface area contributed by atoms with Crippen molar-refractivity contribution in [1.82, 2.24) is 0 Å². The quantitative estimate of drug-likeness (QED) is 0.806. The largest absolute Gasteiger partial charge is 0.272 e. The summed E-state index contributed by atoms with van der Waals surface area (Å²) in [4.78, 5) is 11.8. The SMILES string of the molecule is CC(C)C1=NN(c2ccc(Cl)cc2Cl)C(=O)C1. The summed E-state index contributed by atoms with van der Waals surface area (Å²) in [7, 11) is 0. The highest BCUT2D eigenvalue weighted by Gasteiger charge is 2.27. The first kappa shape index (κ1) is 12.4. The van der Waals surface area contributed by atoms with Crippen LogP contribution >= 0.6 is 23.2 Å². The van der Waals surface area contributed by atoms with Gasteiger partial charge in [0.1, 0.15) is 0 Å². The minimum absolute atomic E-state index is 0.0575. The van der Waals surface area contributed by atoms with Crippen molar-refractivity contribution in [2.45, 2.75) is 20.3 Å². The average molecular weight is 271 g/mol. The molecule has 0 N–H and O–H groups in total. The number of carbonyl (C=O) groups excluding carboxylic acids is 1. The zero-order valence-corrected chi connectivity index (χ0v) is 11.1. The van der Waals surface area contributed by atoms with Crippen LogP contribution in [-0.2, 0) is 4.79 Å². The summed E-state index contributed by atoms with van der Waals surface area (Å²) in [5, 5.41) is 6.63. The summed E-state index contributed by atoms with van der Waals surface area (Å²) in [6.45, 7) is 4.03. The summed E-state index contributed by atoms with van der Waals surface area (Å²) < 4.78 is 0. The molecular formula is C12H12Cl2N2O. The normalized spacial score (nSPS) is 15.7. The summed E-state index contributed by atoms with van der Waals surface area (Å²) in [5.41, 5.74) is 1.46. The van der Waals surface area contributed by atoms with Gasteiger partial charge in [-0.05, 0) is 24.1 Å². The van der Waals surface area contributed by atoms with Crippen molar-refractivity contribution >= 4 is 40.5 Å². The molecule has 3 nitrogen and oxygen atoms in total. The smallest absolute Gasteiger partial charge is 0.253 e. The third-order valence-electron chi connectivity index (χ3n) is 2.60. The number of benzene rings is 1. The molecule has 0 spiro atoms. The van der Waals surface area contributed by atoms with Crippen molar-refractivity contribution in [3.8, 4) is 0 Å². The molecule has 2 rings (SSSR count). The van der Waals surface area contributed by atoms with E-state index < -0.39 is 0 Å². The molecule has 0 fully saturated rings. The molecule has 0 bridgehead atoms. The number of nitrogens with zero attached hydrogens (tertiary/aromatic N) is 2. The first-order valence-electron chi connectivity index (χ1n) is 5.34. The van der Waals surface area contributed by atoms with Crippen LogP contribution < -0.4 is 5.01 Å². The monoisotopic (exact) mass is 270 g/mol. The minimum atomic E-state index is -0.0575. The van der Waals surface area contributed by atoms with E-state index in [1.807, 2.05) is 13.8 Å². The Hall–Kier alpha value is -1.06. The fourth-order valence-corrected chi connectivity index (χ4v) is 2.10. The number of amides is 1. The molecule has 0 unspecified atom stereocenters. The Bertz CT molecular complexity index is 497. The van der Waals surface area contributed by atoms with E-state index >= 15 is 0 Å². The van der Waals surface area contributed by atoms with Crippen LogP contribution in [-0.4, -0.2) is 11.6 Å². The third-order valence-corrected chi connectivity index (χ3v) is 3.14. The highest BCUT2D eigenvalue weighted by atomic mass is 35.5. The zero-order chi connectivity index (χ0) is 12.6. The molecule has 0 saturated carbocycles. The summed E-state index contributed by atoms with van der Waals surface area (Å²) in [6.07, 6.45) is 0.358. The van der Waals surface area contributed by atoms with Crippen molar-refractivity contribution < 1.29 is 4.79 Å². The van der Waals surface area contributed by atoms with E-state index in [0.717, 1.165) is 5.71 Å². The van der Waals surface area contributed by atoms with Gasteiger partial charge in [-0.1, -0.05) is 37.0 Å². The van der Waals surface area contributed by atoms with Gasteiger partial charge in [-0.3, -0.25) is 4.79 Å². The van der Waals surface area contributed by atoms with Crippen LogP contribution in [0.5, 0.6) is 0 Å². The van der Waals surface area contributed by atoms with Crippen molar-refractivity contribution in [2.75, 3.05) is 5.01 Å². The van der Waals surface area contributed by atoms with Gasteiger partial charge in [0.05, 0.1) is 22.8 Å². The van der Waals surface area contributed by atoms with Crippen LogP contribution in [0, 0.1) is 5.92 Å². The molecule has 0 saturated heterocycles. The maximum absolute atomic E-state index is 11.8. The molecule has 17 heavy (non-hydrogen) atoms. The zero-order valence-electron chi connectivity index (χ0n) is 9.58. The number of hydrazone groups is 1. The Labute approximate surface area is 110 Å². The standard InChI is InChI=1S/C12H12Cl2N2O/c1-7(2)10-6-12(17)16(15-10)11-4-3-8(13)5-9(11)14/h3-5,7H,6H2,1-2H3. The Morgan fingerprint density at radius 3 is 2.59 bits per heavy atom. The molecular weight excluding hydrogens is 259 g/mol. The fraction of sp³-hybridized carbons (Fsp3) is 0.333. The summed E-state index contributed by atoms with van der Waals surface area (Å²) in [6, 6.07) is 5.00. The van der Waals surface area contributed by atoms with Crippen LogP contribution in [0.4, 0.5) is 5.69 Å². The van der Waals surface area contributed by atoms with Gasteiger partial charge < -0.3 is 0 Å². The summed E-state index contributed by atoms with van der Waals surface area (Å²) in [5.74, 6) is 0.202. The predicted octanol–water partition coefficient (Wildman–Crippen LogP) is 3.74. The number of hydrogen-bond acceptors (Lipinski definition) is 2. The Kier molecular flexibility index (Phi) is 3.40. The Morgan fingerprint density at radius 2 is 2.06 bits per heavy atom. The lowest BCUT2D eigenvalue weighted by molar-refractivity contribution is -0.116. The van der Waals surface area contributed by atoms with E-state index in [9.17, 15) is 4.79 Å².